The van der Waals surface area contributed by atoms with Gasteiger partial charge in [0.15, 0.2) is 0 Å². The normalized spacial score (nSPS) is 14.3. The molecule has 7 heteroatoms. The molecular formula is C14H17FN2O4. The summed E-state index contributed by atoms with van der Waals surface area (Å²) in [5, 5.41) is 20.2. The van der Waals surface area contributed by atoms with Crippen LogP contribution in [-0.2, 0) is 0 Å². The molecule has 0 aromatic heterocycles. The van der Waals surface area contributed by atoms with Crippen LogP contribution in [0.1, 0.15) is 37.0 Å². The number of hydrogen-bond acceptors (Lipinski definition) is 4. The molecule has 0 radical (unpaired) electrons. The second-order valence-corrected chi connectivity index (χ2v) is 5.66. The third-order valence-corrected chi connectivity index (χ3v) is 3.35. The van der Waals surface area contributed by atoms with E-state index in [9.17, 15) is 19.3 Å². The molecule has 0 amide bonds. The molecule has 1 saturated carbocycles. The molecule has 1 aliphatic carbocycles. The first kappa shape index (κ1) is 15.2. The van der Waals surface area contributed by atoms with Crippen molar-refractivity contribution < 1.29 is 19.2 Å². The van der Waals surface area contributed by atoms with Crippen LogP contribution in [0.25, 0.3) is 0 Å². The highest BCUT2D eigenvalue weighted by Crippen LogP contribution is 2.38. The van der Waals surface area contributed by atoms with Gasteiger partial charge in [0.2, 0.25) is 0 Å². The lowest BCUT2D eigenvalue weighted by atomic mass is 10.1. The van der Waals surface area contributed by atoms with E-state index >= 15 is 0 Å². The molecule has 1 N–H and O–H groups in total. The van der Waals surface area contributed by atoms with E-state index in [1.807, 2.05) is 18.7 Å². The molecular weight excluding hydrogens is 279 g/mol. The maximum atomic E-state index is 13.7. The largest absolute Gasteiger partial charge is 0.478 e. The number of nitro groups is 1. The van der Waals surface area contributed by atoms with Gasteiger partial charge < -0.3 is 10.0 Å². The number of carboxylic acid groups (broad SMARTS) is 1. The minimum absolute atomic E-state index is 0.165. The molecule has 1 fully saturated rings. The Morgan fingerprint density at radius 3 is 2.57 bits per heavy atom. The zero-order chi connectivity index (χ0) is 15.7. The Hall–Kier alpha value is -2.18. The van der Waals surface area contributed by atoms with Crippen molar-refractivity contribution in [3.05, 3.63) is 33.6 Å². The van der Waals surface area contributed by atoms with E-state index in [4.69, 9.17) is 5.11 Å². The van der Waals surface area contributed by atoms with Gasteiger partial charge in [-0.05, 0) is 24.8 Å². The van der Waals surface area contributed by atoms with Crippen LogP contribution in [-0.4, -0.2) is 28.6 Å². The summed E-state index contributed by atoms with van der Waals surface area (Å²) in [6.45, 7) is 4.52. The van der Waals surface area contributed by atoms with Crippen LogP contribution in [0.5, 0.6) is 0 Å². The number of aromatic carboxylic acids is 1. The maximum Gasteiger partial charge on any atom is 0.338 e. The average Bonchev–Trinajstić information content (AvgIpc) is 3.19. The van der Waals surface area contributed by atoms with Crippen molar-refractivity contribution >= 4 is 17.3 Å². The van der Waals surface area contributed by atoms with Crippen LogP contribution < -0.4 is 4.90 Å². The predicted molar refractivity (Wildman–Crippen MR) is 75.2 cm³/mol. The monoisotopic (exact) mass is 296 g/mol. The first-order chi connectivity index (χ1) is 9.81. The highest BCUT2D eigenvalue weighted by Gasteiger charge is 2.34. The van der Waals surface area contributed by atoms with Gasteiger partial charge >= 0.3 is 5.97 Å². The van der Waals surface area contributed by atoms with Crippen LogP contribution >= 0.6 is 0 Å². The standard InChI is InChI=1S/C14H17FN2O4/c1-8(2)7-16(9-3-4-9)12-5-10(14(18)19)11(15)6-13(12)17(20)21/h5-6,8-9H,3-4,7H2,1-2H3,(H,18,19). The molecule has 0 heterocycles. The number of benzene rings is 1. The van der Waals surface area contributed by atoms with E-state index in [0.717, 1.165) is 18.9 Å². The SMILES string of the molecule is CC(C)CN(c1cc(C(=O)O)c(F)cc1[N+](=O)[O-])C1CC1. The fraction of sp³-hybridized carbons (Fsp3) is 0.500. The van der Waals surface area contributed by atoms with E-state index in [1.54, 1.807) is 0 Å². The van der Waals surface area contributed by atoms with Gasteiger partial charge in [0.25, 0.3) is 5.69 Å². The van der Waals surface area contributed by atoms with Gasteiger partial charge in [-0.25, -0.2) is 9.18 Å². The van der Waals surface area contributed by atoms with Gasteiger partial charge in [0.05, 0.1) is 16.6 Å². The average molecular weight is 296 g/mol. The van der Waals surface area contributed by atoms with Crippen LogP contribution in [0.15, 0.2) is 12.1 Å². The molecule has 21 heavy (non-hydrogen) atoms. The van der Waals surface area contributed by atoms with E-state index in [2.05, 4.69) is 0 Å². The smallest absolute Gasteiger partial charge is 0.338 e. The zero-order valence-electron chi connectivity index (χ0n) is 11.9. The minimum Gasteiger partial charge on any atom is -0.478 e. The van der Waals surface area contributed by atoms with E-state index < -0.39 is 22.3 Å². The second-order valence-electron chi connectivity index (χ2n) is 5.66. The Labute approximate surface area is 121 Å². The zero-order valence-corrected chi connectivity index (χ0v) is 11.9. The van der Waals surface area contributed by atoms with Gasteiger partial charge in [0, 0.05) is 12.6 Å². The van der Waals surface area contributed by atoms with Crippen LogP contribution in [0.2, 0.25) is 0 Å². The summed E-state index contributed by atoms with van der Waals surface area (Å²) in [7, 11) is 0. The summed E-state index contributed by atoms with van der Waals surface area (Å²) in [4.78, 5) is 23.4. The van der Waals surface area contributed by atoms with Gasteiger partial charge in [0.1, 0.15) is 11.5 Å². The Morgan fingerprint density at radius 2 is 2.14 bits per heavy atom. The van der Waals surface area contributed by atoms with Crippen LogP contribution in [0, 0.1) is 21.8 Å². The highest BCUT2D eigenvalue weighted by molar-refractivity contribution is 5.90. The predicted octanol–water partition coefficient (Wildman–Crippen LogP) is 3.06. The molecule has 114 valence electrons. The highest BCUT2D eigenvalue weighted by atomic mass is 19.1. The van der Waals surface area contributed by atoms with E-state index in [1.165, 1.54) is 0 Å². The lowest BCUT2D eigenvalue weighted by Gasteiger charge is -2.26. The molecule has 0 saturated heterocycles. The van der Waals surface area contributed by atoms with Crippen molar-refractivity contribution in [3.8, 4) is 0 Å². The van der Waals surface area contributed by atoms with Gasteiger partial charge in [-0.1, -0.05) is 13.8 Å². The Morgan fingerprint density at radius 1 is 1.52 bits per heavy atom. The Kier molecular flexibility index (Phi) is 4.11. The molecule has 0 atom stereocenters. The number of anilines is 1. The van der Waals surface area contributed by atoms with Crippen molar-refractivity contribution in [2.45, 2.75) is 32.7 Å². The number of nitrogens with zero attached hydrogens (tertiary/aromatic N) is 2. The van der Waals surface area contributed by atoms with Crippen LogP contribution in [0.4, 0.5) is 15.8 Å². The van der Waals surface area contributed by atoms with E-state index in [0.29, 0.717) is 12.6 Å². The third-order valence-electron chi connectivity index (χ3n) is 3.35. The summed E-state index contributed by atoms with van der Waals surface area (Å²) >= 11 is 0. The Bertz CT molecular complexity index is 585. The molecule has 1 aromatic rings. The van der Waals surface area contributed by atoms with Gasteiger partial charge in [-0.2, -0.15) is 0 Å². The quantitative estimate of drug-likeness (QED) is 0.644. The fourth-order valence-corrected chi connectivity index (χ4v) is 2.32. The molecule has 0 spiro atoms. The second kappa shape index (κ2) is 5.67. The summed E-state index contributed by atoms with van der Waals surface area (Å²) in [5.74, 6) is -2.26. The fourth-order valence-electron chi connectivity index (χ4n) is 2.32. The van der Waals surface area contributed by atoms with Gasteiger partial charge in [-0.15, -0.1) is 0 Å². The first-order valence-corrected chi connectivity index (χ1v) is 6.79. The van der Waals surface area contributed by atoms with E-state index in [-0.39, 0.29) is 23.3 Å². The number of carboxylic acids is 1. The van der Waals surface area contributed by atoms with Crippen molar-refractivity contribution in [3.63, 3.8) is 0 Å². The third kappa shape index (κ3) is 3.29. The number of hydrogen-bond donors (Lipinski definition) is 1. The summed E-state index contributed by atoms with van der Waals surface area (Å²) < 4.78 is 13.7. The molecule has 1 aliphatic rings. The van der Waals surface area contributed by atoms with Crippen LogP contribution in [0.3, 0.4) is 0 Å². The maximum absolute atomic E-state index is 13.7. The topological polar surface area (TPSA) is 83.7 Å². The van der Waals surface area contributed by atoms with Gasteiger partial charge in [-0.3, -0.25) is 10.1 Å². The first-order valence-electron chi connectivity index (χ1n) is 6.79. The Balaban J connectivity index is 2.54. The number of halogens is 1. The molecule has 1 aromatic carbocycles. The molecule has 0 aliphatic heterocycles. The minimum atomic E-state index is -1.43. The summed E-state index contributed by atoms with van der Waals surface area (Å²) in [5.41, 5.74) is -0.731. The van der Waals surface area contributed by atoms with Crippen molar-refractivity contribution in [2.75, 3.05) is 11.4 Å². The summed E-state index contributed by atoms with van der Waals surface area (Å²) in [6.07, 6.45) is 1.81. The lowest BCUT2D eigenvalue weighted by molar-refractivity contribution is -0.384. The number of nitro benzene ring substituents is 1. The van der Waals surface area contributed by atoms with Crippen molar-refractivity contribution in [1.29, 1.82) is 0 Å². The molecule has 6 nitrogen and oxygen atoms in total. The molecule has 0 unspecified atom stereocenters. The van der Waals surface area contributed by atoms with Crippen molar-refractivity contribution in [2.24, 2.45) is 5.92 Å². The molecule has 2 rings (SSSR count). The molecule has 0 bridgehead atoms. The summed E-state index contributed by atoms with van der Waals surface area (Å²) in [6, 6.07) is 1.95. The number of rotatable bonds is 6. The lowest BCUT2D eigenvalue weighted by Crippen LogP contribution is -2.30. The number of carbonyl (C=O) groups is 1. The van der Waals surface area contributed by atoms with Crippen molar-refractivity contribution in [1.82, 2.24) is 0 Å².